The van der Waals surface area contributed by atoms with E-state index in [1.165, 1.54) is 4.90 Å². The van der Waals surface area contributed by atoms with Crippen molar-refractivity contribution in [3.63, 3.8) is 0 Å². The Morgan fingerprint density at radius 1 is 1.26 bits per heavy atom. The number of unbranched alkanes of at least 4 members (excludes halogenated alkanes) is 3. The minimum Gasteiger partial charge on any atom is -0.320 e. The molecule has 0 saturated carbocycles. The lowest BCUT2D eigenvalue weighted by Gasteiger charge is -2.17. The molecule has 2 atom stereocenters. The fraction of sp³-hybridized carbons (Fsp3) is 0.867. The molecule has 19 heavy (non-hydrogen) atoms. The van der Waals surface area contributed by atoms with Crippen LogP contribution < -0.4 is 5.32 Å². The summed E-state index contributed by atoms with van der Waals surface area (Å²) < 4.78 is 0. The summed E-state index contributed by atoms with van der Waals surface area (Å²) in [4.78, 5) is 25.5. The SMILES string of the molecule is CCC(C)C1CC(=O)N(CCCCCCNC)C1=O. The molecule has 2 unspecified atom stereocenters. The highest BCUT2D eigenvalue weighted by atomic mass is 16.2. The van der Waals surface area contributed by atoms with Crippen molar-refractivity contribution < 1.29 is 9.59 Å². The first-order valence-electron chi connectivity index (χ1n) is 7.60. The number of imide groups is 1. The van der Waals surface area contributed by atoms with Crippen molar-refractivity contribution in [1.29, 1.82) is 0 Å². The maximum Gasteiger partial charge on any atom is 0.233 e. The van der Waals surface area contributed by atoms with Crippen LogP contribution in [0.1, 0.15) is 52.4 Å². The number of hydrogen-bond donors (Lipinski definition) is 1. The molecule has 1 N–H and O–H groups in total. The van der Waals surface area contributed by atoms with Gasteiger partial charge in [-0.2, -0.15) is 0 Å². The van der Waals surface area contributed by atoms with E-state index in [-0.39, 0.29) is 17.7 Å². The van der Waals surface area contributed by atoms with E-state index in [1.54, 1.807) is 0 Å². The van der Waals surface area contributed by atoms with Gasteiger partial charge in [-0.25, -0.2) is 0 Å². The Hall–Kier alpha value is -0.900. The highest BCUT2D eigenvalue weighted by molar-refractivity contribution is 6.03. The lowest BCUT2D eigenvalue weighted by molar-refractivity contribution is -0.139. The zero-order valence-corrected chi connectivity index (χ0v) is 12.6. The molecule has 1 fully saturated rings. The van der Waals surface area contributed by atoms with Gasteiger partial charge >= 0.3 is 0 Å². The Morgan fingerprint density at radius 2 is 1.95 bits per heavy atom. The van der Waals surface area contributed by atoms with Gasteiger partial charge in [0.1, 0.15) is 0 Å². The number of nitrogens with one attached hydrogen (secondary N) is 1. The minimum absolute atomic E-state index is 0.0329. The van der Waals surface area contributed by atoms with Crippen molar-refractivity contribution in [3.8, 4) is 0 Å². The molecule has 0 aromatic carbocycles. The first kappa shape index (κ1) is 16.2. The Morgan fingerprint density at radius 3 is 2.58 bits per heavy atom. The molecule has 1 heterocycles. The predicted molar refractivity (Wildman–Crippen MR) is 76.7 cm³/mol. The zero-order valence-electron chi connectivity index (χ0n) is 12.6. The number of hydrogen-bond acceptors (Lipinski definition) is 3. The van der Waals surface area contributed by atoms with E-state index in [1.807, 2.05) is 7.05 Å². The topological polar surface area (TPSA) is 49.4 Å². The van der Waals surface area contributed by atoms with Crippen molar-refractivity contribution >= 4 is 11.8 Å². The molecular weight excluding hydrogens is 240 g/mol. The average molecular weight is 268 g/mol. The first-order chi connectivity index (χ1) is 9.11. The zero-order chi connectivity index (χ0) is 14.3. The minimum atomic E-state index is -0.0678. The van der Waals surface area contributed by atoms with E-state index in [4.69, 9.17) is 0 Å². The third kappa shape index (κ3) is 4.60. The standard InChI is InChI=1S/C15H28N2O2/c1-4-12(2)13-11-14(18)17(15(13)19)10-8-6-5-7-9-16-3/h12-13,16H,4-11H2,1-3H3. The highest BCUT2D eigenvalue weighted by Gasteiger charge is 2.40. The average Bonchev–Trinajstić information content (AvgIpc) is 2.69. The van der Waals surface area contributed by atoms with Gasteiger partial charge in [-0.1, -0.05) is 33.1 Å². The number of amides is 2. The molecule has 0 bridgehead atoms. The van der Waals surface area contributed by atoms with Gasteiger partial charge in [0, 0.05) is 18.9 Å². The van der Waals surface area contributed by atoms with E-state index in [0.29, 0.717) is 18.9 Å². The summed E-state index contributed by atoms with van der Waals surface area (Å²) in [5.41, 5.74) is 0. The van der Waals surface area contributed by atoms with Gasteiger partial charge in [0.2, 0.25) is 11.8 Å². The molecule has 0 aromatic heterocycles. The Balaban J connectivity index is 2.30. The predicted octanol–water partition coefficient (Wildman–Crippen LogP) is 2.19. The Kier molecular flexibility index (Phi) is 7.06. The Bertz CT molecular complexity index is 305. The second kappa shape index (κ2) is 8.31. The van der Waals surface area contributed by atoms with Crippen LogP contribution >= 0.6 is 0 Å². The largest absolute Gasteiger partial charge is 0.320 e. The van der Waals surface area contributed by atoms with Crippen LogP contribution in [0.15, 0.2) is 0 Å². The maximum atomic E-state index is 12.2. The van der Waals surface area contributed by atoms with Gasteiger partial charge in [0.05, 0.1) is 0 Å². The van der Waals surface area contributed by atoms with Gasteiger partial charge in [-0.3, -0.25) is 14.5 Å². The number of rotatable bonds is 9. The monoisotopic (exact) mass is 268 g/mol. The molecule has 0 spiro atoms. The molecule has 1 rings (SSSR count). The van der Waals surface area contributed by atoms with Crippen LogP contribution in [0.4, 0.5) is 0 Å². The highest BCUT2D eigenvalue weighted by Crippen LogP contribution is 2.28. The van der Waals surface area contributed by atoms with Crippen LogP contribution in [-0.2, 0) is 9.59 Å². The molecule has 1 saturated heterocycles. The molecule has 0 aliphatic carbocycles. The summed E-state index contributed by atoms with van der Waals surface area (Å²) in [5.74, 6) is 0.346. The second-order valence-corrected chi connectivity index (χ2v) is 5.60. The van der Waals surface area contributed by atoms with E-state index >= 15 is 0 Å². The second-order valence-electron chi connectivity index (χ2n) is 5.60. The van der Waals surface area contributed by atoms with Crippen LogP contribution in [0.3, 0.4) is 0 Å². The van der Waals surface area contributed by atoms with Crippen molar-refractivity contribution in [1.82, 2.24) is 10.2 Å². The first-order valence-corrected chi connectivity index (χ1v) is 7.60. The quantitative estimate of drug-likeness (QED) is 0.515. The summed E-state index contributed by atoms with van der Waals surface area (Å²) in [5, 5.41) is 3.12. The summed E-state index contributed by atoms with van der Waals surface area (Å²) in [7, 11) is 1.95. The van der Waals surface area contributed by atoms with Crippen LogP contribution in [-0.4, -0.2) is 36.9 Å². The van der Waals surface area contributed by atoms with Gasteiger partial charge in [0.25, 0.3) is 0 Å². The summed E-state index contributed by atoms with van der Waals surface area (Å²) in [6.45, 7) is 5.80. The summed E-state index contributed by atoms with van der Waals surface area (Å²) in [6.07, 6.45) is 5.73. The molecule has 1 aliphatic rings. The molecular formula is C15H28N2O2. The van der Waals surface area contributed by atoms with Gasteiger partial charge in [-0.05, 0) is 32.4 Å². The van der Waals surface area contributed by atoms with Crippen LogP contribution in [0.5, 0.6) is 0 Å². The molecule has 1 aliphatic heterocycles. The van der Waals surface area contributed by atoms with Crippen LogP contribution in [0, 0.1) is 11.8 Å². The van der Waals surface area contributed by atoms with E-state index < -0.39 is 0 Å². The molecule has 0 aromatic rings. The van der Waals surface area contributed by atoms with E-state index in [9.17, 15) is 9.59 Å². The normalized spacial score (nSPS) is 21.2. The third-order valence-electron chi connectivity index (χ3n) is 4.17. The summed E-state index contributed by atoms with van der Waals surface area (Å²) >= 11 is 0. The van der Waals surface area contributed by atoms with Crippen molar-refractivity contribution in [3.05, 3.63) is 0 Å². The number of nitrogens with zero attached hydrogens (tertiary/aromatic N) is 1. The fourth-order valence-electron chi connectivity index (χ4n) is 2.60. The van der Waals surface area contributed by atoms with Crippen molar-refractivity contribution in [2.24, 2.45) is 11.8 Å². The van der Waals surface area contributed by atoms with E-state index in [0.717, 1.165) is 38.6 Å². The van der Waals surface area contributed by atoms with Crippen LogP contribution in [0.25, 0.3) is 0 Å². The smallest absolute Gasteiger partial charge is 0.233 e. The van der Waals surface area contributed by atoms with Gasteiger partial charge in [0.15, 0.2) is 0 Å². The molecule has 2 amide bonds. The summed E-state index contributed by atoms with van der Waals surface area (Å²) in [6, 6.07) is 0. The lowest BCUT2D eigenvalue weighted by atomic mass is 9.90. The van der Waals surface area contributed by atoms with Crippen molar-refractivity contribution in [2.45, 2.75) is 52.4 Å². The fourth-order valence-corrected chi connectivity index (χ4v) is 2.60. The molecule has 0 radical (unpaired) electrons. The maximum absolute atomic E-state index is 12.2. The molecule has 4 nitrogen and oxygen atoms in total. The number of carbonyl (C=O) groups is 2. The number of carbonyl (C=O) groups excluding carboxylic acids is 2. The van der Waals surface area contributed by atoms with E-state index in [2.05, 4.69) is 19.2 Å². The van der Waals surface area contributed by atoms with Gasteiger partial charge in [-0.15, -0.1) is 0 Å². The Labute approximate surface area is 116 Å². The van der Waals surface area contributed by atoms with Crippen molar-refractivity contribution in [2.75, 3.05) is 20.1 Å². The lowest BCUT2D eigenvalue weighted by Crippen LogP contribution is -2.32. The number of likely N-dealkylation sites (tertiary alicyclic amines) is 1. The molecule has 110 valence electrons. The van der Waals surface area contributed by atoms with Crippen LogP contribution in [0.2, 0.25) is 0 Å². The molecule has 4 heteroatoms. The third-order valence-corrected chi connectivity index (χ3v) is 4.17. The van der Waals surface area contributed by atoms with Gasteiger partial charge < -0.3 is 5.32 Å².